The number of carbonyl (C=O) groups is 1. The highest BCUT2D eigenvalue weighted by molar-refractivity contribution is 5.80. The molecule has 1 aliphatic rings. The summed E-state index contributed by atoms with van der Waals surface area (Å²) in [5, 5.41) is 32.2. The largest absolute Gasteiger partial charge is 0.481 e. The van der Waals surface area contributed by atoms with E-state index in [0.717, 1.165) is 61.2 Å². The van der Waals surface area contributed by atoms with Gasteiger partial charge in [-0.2, -0.15) is 0 Å². The molecule has 39 heavy (non-hydrogen) atoms. The fourth-order valence-electron chi connectivity index (χ4n) is 5.52. The van der Waals surface area contributed by atoms with E-state index >= 15 is 0 Å². The van der Waals surface area contributed by atoms with Crippen molar-refractivity contribution < 1.29 is 31.1 Å². The van der Waals surface area contributed by atoms with Crippen molar-refractivity contribution in [2.45, 2.75) is 56.7 Å². The first-order chi connectivity index (χ1) is 17.7. The molecule has 4 rings (SSSR count). The molecule has 3 aromatic carbocycles. The van der Waals surface area contributed by atoms with Crippen LogP contribution in [0.2, 0.25) is 0 Å². The Morgan fingerprint density at radius 1 is 0.846 bits per heavy atom. The number of carboxylic acids is 1. The van der Waals surface area contributed by atoms with Gasteiger partial charge >= 0.3 is 5.97 Å². The molecule has 0 aliphatic carbocycles. The van der Waals surface area contributed by atoms with Crippen molar-refractivity contribution in [1.29, 1.82) is 0 Å². The lowest BCUT2D eigenvalue weighted by molar-refractivity contribution is -0.142. The molecule has 1 aliphatic heterocycles. The molecule has 0 unspecified atom stereocenters. The fraction of sp³-hybridized carbons (Fsp3) is 0.406. The van der Waals surface area contributed by atoms with Gasteiger partial charge in [0.15, 0.2) is 0 Å². The smallest absolute Gasteiger partial charge is 0.313 e. The van der Waals surface area contributed by atoms with E-state index in [1.54, 1.807) is 26.0 Å². The van der Waals surface area contributed by atoms with Crippen molar-refractivity contribution in [3.63, 3.8) is 0 Å². The predicted molar refractivity (Wildman–Crippen MR) is 154 cm³/mol. The van der Waals surface area contributed by atoms with Crippen LogP contribution in [0.25, 0.3) is 0 Å². The first-order valence-electron chi connectivity index (χ1n) is 13.3. The maximum absolute atomic E-state index is 12.1. The quantitative estimate of drug-likeness (QED) is 0.360. The molecule has 3 aromatic rings. The van der Waals surface area contributed by atoms with Crippen LogP contribution in [0.3, 0.4) is 0 Å². The zero-order valence-corrected chi connectivity index (χ0v) is 22.9. The number of likely N-dealkylation sites (tertiary alicyclic amines) is 1. The monoisotopic (exact) mass is 537 g/mol. The van der Waals surface area contributed by atoms with Crippen LogP contribution < -0.4 is 0 Å². The van der Waals surface area contributed by atoms with Crippen LogP contribution in [-0.2, 0) is 15.8 Å². The van der Waals surface area contributed by atoms with Crippen LogP contribution in [0.1, 0.15) is 67.9 Å². The summed E-state index contributed by atoms with van der Waals surface area (Å²) in [5.74, 6) is -0.733. The van der Waals surface area contributed by atoms with Crippen LogP contribution >= 0.6 is 0 Å². The molecule has 0 spiro atoms. The summed E-state index contributed by atoms with van der Waals surface area (Å²) in [5.41, 5.74) is 1.47. The van der Waals surface area contributed by atoms with E-state index in [9.17, 15) is 20.1 Å². The highest BCUT2D eigenvalue weighted by Crippen LogP contribution is 2.42. The molecule has 1 fully saturated rings. The number of aliphatic hydroxyl groups excluding tert-OH is 1. The van der Waals surface area contributed by atoms with Gasteiger partial charge in [0.05, 0.1) is 11.5 Å². The summed E-state index contributed by atoms with van der Waals surface area (Å²) in [6, 6.07) is 27.3. The molecule has 1 saturated heterocycles. The number of benzene rings is 3. The first-order valence-corrected chi connectivity index (χ1v) is 13.3. The number of rotatable bonds is 10. The second-order valence-corrected chi connectivity index (χ2v) is 10.8. The molecule has 7 heteroatoms. The summed E-state index contributed by atoms with van der Waals surface area (Å²) in [4.78, 5) is 13.9. The average molecular weight is 538 g/mol. The summed E-state index contributed by atoms with van der Waals surface area (Å²) in [6.07, 6.45) is 2.77. The van der Waals surface area contributed by atoms with Crippen molar-refractivity contribution >= 4 is 5.97 Å². The van der Waals surface area contributed by atoms with Gasteiger partial charge in [-0.1, -0.05) is 84.9 Å². The normalized spacial score (nSPS) is 15.6. The Hall–Kier alpha value is -3.07. The van der Waals surface area contributed by atoms with Crippen molar-refractivity contribution in [2.24, 2.45) is 5.92 Å². The highest BCUT2D eigenvalue weighted by atomic mass is 16.4. The number of hydrogen-bond acceptors (Lipinski definition) is 4. The SMILES string of the molecule is CC(C)(C(=O)O)c1ccc([C@@H](O)CCCN2CCC(C(O)(c3ccccc3)c3ccccc3)CC2)cc1.O.O. The van der Waals surface area contributed by atoms with Gasteiger partial charge in [-0.25, -0.2) is 0 Å². The Morgan fingerprint density at radius 3 is 1.79 bits per heavy atom. The maximum atomic E-state index is 12.1. The Bertz CT molecular complexity index is 1100. The molecule has 1 atom stereocenters. The summed E-state index contributed by atoms with van der Waals surface area (Å²) in [6.45, 7) is 6.11. The number of nitrogens with zero attached hydrogens (tertiary/aromatic N) is 1. The molecule has 1 heterocycles. The molecular weight excluding hydrogens is 494 g/mol. The second kappa shape index (κ2) is 13.8. The third-order valence-electron chi connectivity index (χ3n) is 8.11. The second-order valence-electron chi connectivity index (χ2n) is 10.8. The molecule has 7 nitrogen and oxygen atoms in total. The third kappa shape index (κ3) is 7.12. The van der Waals surface area contributed by atoms with E-state index in [4.69, 9.17) is 0 Å². The van der Waals surface area contributed by atoms with E-state index in [2.05, 4.69) is 4.90 Å². The Morgan fingerprint density at radius 2 is 1.33 bits per heavy atom. The van der Waals surface area contributed by atoms with Gasteiger partial charge in [-0.3, -0.25) is 4.79 Å². The fourth-order valence-corrected chi connectivity index (χ4v) is 5.52. The number of piperidine rings is 1. The third-order valence-corrected chi connectivity index (χ3v) is 8.11. The Kier molecular flexibility index (Phi) is 11.4. The molecule has 0 saturated carbocycles. The molecule has 7 N–H and O–H groups in total. The topological polar surface area (TPSA) is 144 Å². The van der Waals surface area contributed by atoms with Gasteiger partial charge in [0.1, 0.15) is 5.60 Å². The standard InChI is InChI=1S/C32H39NO4.2H2O/c1-31(2,30(35)36)25-17-15-24(16-18-25)29(34)14-9-21-33-22-19-28(20-23-33)32(37,26-10-5-3-6-11-26)27-12-7-4-8-13-27;;/h3-8,10-13,15-18,28-29,34,37H,9,14,19-23H2,1-2H3,(H,35,36);2*1H2/t29-;;/m0../s1. The minimum Gasteiger partial charge on any atom is -0.481 e. The minimum atomic E-state index is -1.01. The first kappa shape index (κ1) is 32.1. The van der Waals surface area contributed by atoms with Crippen LogP contribution in [-0.4, -0.2) is 56.8 Å². The van der Waals surface area contributed by atoms with Gasteiger partial charge in [0.2, 0.25) is 0 Å². The van der Waals surface area contributed by atoms with Gasteiger partial charge in [0.25, 0.3) is 0 Å². The van der Waals surface area contributed by atoms with E-state index in [-0.39, 0.29) is 16.9 Å². The average Bonchev–Trinajstić information content (AvgIpc) is 2.94. The lowest BCUT2D eigenvalue weighted by atomic mass is 9.72. The maximum Gasteiger partial charge on any atom is 0.313 e. The lowest BCUT2D eigenvalue weighted by Gasteiger charge is -2.42. The molecule has 0 radical (unpaired) electrons. The Balaban J connectivity index is 0.00000267. The minimum absolute atomic E-state index is 0. The zero-order valence-electron chi connectivity index (χ0n) is 22.9. The van der Waals surface area contributed by atoms with Crippen LogP contribution in [0.4, 0.5) is 0 Å². The predicted octanol–water partition coefficient (Wildman–Crippen LogP) is 3.86. The zero-order chi connectivity index (χ0) is 26.5. The van der Waals surface area contributed by atoms with Crippen molar-refractivity contribution in [2.75, 3.05) is 19.6 Å². The number of aliphatic hydroxyl groups is 2. The van der Waals surface area contributed by atoms with Gasteiger partial charge in [-0.05, 0) is 87.3 Å². The summed E-state index contributed by atoms with van der Waals surface area (Å²) < 4.78 is 0. The van der Waals surface area contributed by atoms with E-state index in [0.29, 0.717) is 6.42 Å². The lowest BCUT2D eigenvalue weighted by Crippen LogP contribution is -2.44. The highest BCUT2D eigenvalue weighted by Gasteiger charge is 2.41. The van der Waals surface area contributed by atoms with Crippen LogP contribution in [0.5, 0.6) is 0 Å². The summed E-state index contributed by atoms with van der Waals surface area (Å²) >= 11 is 0. The molecule has 0 aromatic heterocycles. The van der Waals surface area contributed by atoms with Gasteiger partial charge in [0, 0.05) is 0 Å². The molecular formula is C32H43NO6. The van der Waals surface area contributed by atoms with Crippen molar-refractivity contribution in [1.82, 2.24) is 4.90 Å². The number of carboxylic acid groups (broad SMARTS) is 1. The van der Waals surface area contributed by atoms with E-state index in [1.165, 1.54) is 0 Å². The summed E-state index contributed by atoms with van der Waals surface area (Å²) in [7, 11) is 0. The van der Waals surface area contributed by atoms with Crippen LogP contribution in [0.15, 0.2) is 84.9 Å². The van der Waals surface area contributed by atoms with Crippen molar-refractivity contribution in [3.8, 4) is 0 Å². The van der Waals surface area contributed by atoms with E-state index in [1.807, 2.05) is 72.8 Å². The van der Waals surface area contributed by atoms with Gasteiger partial charge in [-0.15, -0.1) is 0 Å². The molecule has 0 bridgehead atoms. The van der Waals surface area contributed by atoms with E-state index < -0.39 is 23.1 Å². The number of aliphatic carboxylic acids is 1. The van der Waals surface area contributed by atoms with Crippen LogP contribution in [0, 0.1) is 5.92 Å². The number of hydrogen-bond donors (Lipinski definition) is 3. The molecule has 212 valence electrons. The van der Waals surface area contributed by atoms with Crippen molar-refractivity contribution in [3.05, 3.63) is 107 Å². The van der Waals surface area contributed by atoms with Gasteiger partial charge < -0.3 is 31.2 Å². The Labute approximate surface area is 231 Å². The molecule has 0 amide bonds.